The number of anilines is 1. The van der Waals surface area contributed by atoms with Crippen LogP contribution < -0.4 is 10.1 Å². The molecule has 0 heterocycles. The van der Waals surface area contributed by atoms with Gasteiger partial charge in [0.25, 0.3) is 0 Å². The van der Waals surface area contributed by atoms with Crippen LogP contribution in [0.5, 0.6) is 5.75 Å². The van der Waals surface area contributed by atoms with E-state index in [-0.39, 0.29) is 5.91 Å². The van der Waals surface area contributed by atoms with E-state index in [1.807, 2.05) is 43.3 Å². The van der Waals surface area contributed by atoms with E-state index in [2.05, 4.69) is 17.4 Å². The number of nitrogens with one attached hydrogen (secondary N) is 1. The quantitative estimate of drug-likeness (QED) is 0.874. The molecule has 0 unspecified atom stereocenters. The number of aryl methyl sites for hydroxylation is 1. The third kappa shape index (κ3) is 3.16. The van der Waals surface area contributed by atoms with Crippen molar-refractivity contribution in [1.29, 1.82) is 0 Å². The molecule has 1 fully saturated rings. The van der Waals surface area contributed by atoms with Gasteiger partial charge in [-0.2, -0.15) is 0 Å². The topological polar surface area (TPSA) is 38.3 Å². The lowest BCUT2D eigenvalue weighted by Gasteiger charge is -2.36. The minimum atomic E-state index is -0.409. The fraction of sp³-hybridized carbons (Fsp3) is 0.381. The largest absolute Gasteiger partial charge is 0.496 e. The van der Waals surface area contributed by atoms with E-state index in [0.717, 1.165) is 48.2 Å². The molecule has 1 N–H and O–H groups in total. The van der Waals surface area contributed by atoms with Crippen LogP contribution in [0.2, 0.25) is 0 Å². The molecule has 3 nitrogen and oxygen atoms in total. The summed E-state index contributed by atoms with van der Waals surface area (Å²) in [5.41, 5.74) is 2.58. The Bertz CT molecular complexity index is 703. The second kappa shape index (κ2) is 7.08. The second-order valence-corrected chi connectivity index (χ2v) is 6.65. The number of benzene rings is 2. The zero-order chi connectivity index (χ0) is 17.0. The molecule has 0 spiro atoms. The predicted octanol–water partition coefficient (Wildman–Crippen LogP) is 4.84. The number of ether oxygens (including phenoxy) is 1. The van der Waals surface area contributed by atoms with Gasteiger partial charge in [0, 0.05) is 5.69 Å². The summed E-state index contributed by atoms with van der Waals surface area (Å²) in [6.45, 7) is 1.99. The number of carbonyl (C=O) groups is 1. The standard InChI is InChI=1S/C21H25NO2/c1-16-15-18(11-12-19(16)24-2)22-20(23)21(13-7-4-8-14-21)17-9-5-3-6-10-17/h3,5-6,9-12,15H,4,7-8,13-14H2,1-2H3,(H,22,23). The summed E-state index contributed by atoms with van der Waals surface area (Å²) >= 11 is 0. The number of methoxy groups -OCH3 is 1. The highest BCUT2D eigenvalue weighted by atomic mass is 16.5. The highest BCUT2D eigenvalue weighted by Gasteiger charge is 2.40. The summed E-state index contributed by atoms with van der Waals surface area (Å²) in [7, 11) is 1.66. The van der Waals surface area contributed by atoms with Crippen molar-refractivity contribution in [3.05, 3.63) is 59.7 Å². The molecule has 0 atom stereocenters. The van der Waals surface area contributed by atoms with Gasteiger partial charge in [0.05, 0.1) is 12.5 Å². The van der Waals surface area contributed by atoms with E-state index in [9.17, 15) is 4.79 Å². The fourth-order valence-corrected chi connectivity index (χ4v) is 3.77. The normalized spacial score (nSPS) is 16.4. The SMILES string of the molecule is COc1ccc(NC(=O)C2(c3ccccc3)CCCCC2)cc1C. The highest BCUT2D eigenvalue weighted by Crippen LogP contribution is 2.40. The highest BCUT2D eigenvalue weighted by molar-refractivity contribution is 5.99. The van der Waals surface area contributed by atoms with E-state index in [4.69, 9.17) is 4.74 Å². The molecule has 1 aliphatic rings. The van der Waals surface area contributed by atoms with Gasteiger partial charge in [0.2, 0.25) is 5.91 Å². The first-order valence-corrected chi connectivity index (χ1v) is 8.67. The van der Waals surface area contributed by atoms with Crippen molar-refractivity contribution in [3.63, 3.8) is 0 Å². The van der Waals surface area contributed by atoms with E-state index >= 15 is 0 Å². The summed E-state index contributed by atoms with van der Waals surface area (Å²) in [5.74, 6) is 0.946. The average Bonchev–Trinajstić information content (AvgIpc) is 2.63. The van der Waals surface area contributed by atoms with Gasteiger partial charge < -0.3 is 10.1 Å². The third-order valence-corrected chi connectivity index (χ3v) is 5.12. The van der Waals surface area contributed by atoms with Crippen LogP contribution in [0.1, 0.15) is 43.2 Å². The minimum Gasteiger partial charge on any atom is -0.496 e. The summed E-state index contributed by atoms with van der Waals surface area (Å²) in [5, 5.41) is 3.15. The van der Waals surface area contributed by atoms with Gasteiger partial charge in [-0.25, -0.2) is 0 Å². The lowest BCUT2D eigenvalue weighted by Crippen LogP contribution is -2.42. The van der Waals surface area contributed by atoms with E-state index in [0.29, 0.717) is 0 Å². The van der Waals surface area contributed by atoms with E-state index in [1.165, 1.54) is 6.42 Å². The molecule has 3 heteroatoms. The molecular formula is C21H25NO2. The van der Waals surface area contributed by atoms with Gasteiger partial charge in [-0.15, -0.1) is 0 Å². The smallest absolute Gasteiger partial charge is 0.235 e. The summed E-state index contributed by atoms with van der Waals surface area (Å²) in [6.07, 6.45) is 5.24. The second-order valence-electron chi connectivity index (χ2n) is 6.65. The van der Waals surface area contributed by atoms with Gasteiger partial charge >= 0.3 is 0 Å². The minimum absolute atomic E-state index is 0.109. The number of rotatable bonds is 4. The van der Waals surface area contributed by atoms with Crippen molar-refractivity contribution in [3.8, 4) is 5.75 Å². The Kier molecular flexibility index (Phi) is 4.89. The number of hydrogen-bond acceptors (Lipinski definition) is 2. The van der Waals surface area contributed by atoms with Crippen molar-refractivity contribution in [1.82, 2.24) is 0 Å². The molecule has 0 aliphatic heterocycles. The number of hydrogen-bond donors (Lipinski definition) is 1. The Hall–Kier alpha value is -2.29. The van der Waals surface area contributed by atoms with Crippen LogP contribution >= 0.6 is 0 Å². The Morgan fingerprint density at radius 1 is 1.04 bits per heavy atom. The molecule has 24 heavy (non-hydrogen) atoms. The van der Waals surface area contributed by atoms with Gasteiger partial charge in [0.1, 0.15) is 5.75 Å². The van der Waals surface area contributed by atoms with Crippen LogP contribution in [0.15, 0.2) is 48.5 Å². The van der Waals surface area contributed by atoms with Gasteiger partial charge in [-0.3, -0.25) is 4.79 Å². The lowest BCUT2D eigenvalue weighted by molar-refractivity contribution is -0.122. The van der Waals surface area contributed by atoms with E-state index < -0.39 is 5.41 Å². The molecule has 3 rings (SSSR count). The maximum absolute atomic E-state index is 13.2. The van der Waals surface area contributed by atoms with Crippen molar-refractivity contribution in [2.24, 2.45) is 0 Å². The molecule has 2 aromatic rings. The first-order valence-electron chi connectivity index (χ1n) is 8.67. The Balaban J connectivity index is 1.88. The molecule has 0 bridgehead atoms. The van der Waals surface area contributed by atoms with Crippen molar-refractivity contribution >= 4 is 11.6 Å². The lowest BCUT2D eigenvalue weighted by atomic mass is 9.68. The van der Waals surface area contributed by atoms with Crippen LogP contribution in [0, 0.1) is 6.92 Å². The molecular weight excluding hydrogens is 298 g/mol. The van der Waals surface area contributed by atoms with Crippen LogP contribution in [-0.2, 0) is 10.2 Å². The molecule has 0 aromatic heterocycles. The van der Waals surface area contributed by atoms with Crippen molar-refractivity contribution < 1.29 is 9.53 Å². The molecule has 0 saturated heterocycles. The maximum Gasteiger partial charge on any atom is 0.235 e. The third-order valence-electron chi connectivity index (χ3n) is 5.12. The first kappa shape index (κ1) is 16.6. The van der Waals surface area contributed by atoms with Crippen molar-refractivity contribution in [2.75, 3.05) is 12.4 Å². The predicted molar refractivity (Wildman–Crippen MR) is 97.6 cm³/mol. The van der Waals surface area contributed by atoms with Crippen LogP contribution in [0.4, 0.5) is 5.69 Å². The Morgan fingerprint density at radius 2 is 1.75 bits per heavy atom. The van der Waals surface area contributed by atoms with Crippen LogP contribution in [0.3, 0.4) is 0 Å². The van der Waals surface area contributed by atoms with Gasteiger partial charge in [-0.1, -0.05) is 49.6 Å². The Morgan fingerprint density at radius 3 is 2.38 bits per heavy atom. The van der Waals surface area contributed by atoms with Crippen LogP contribution in [0.25, 0.3) is 0 Å². The molecule has 126 valence electrons. The molecule has 1 aliphatic carbocycles. The zero-order valence-electron chi connectivity index (χ0n) is 14.5. The molecule has 1 saturated carbocycles. The first-order chi connectivity index (χ1) is 11.7. The monoisotopic (exact) mass is 323 g/mol. The number of carbonyl (C=O) groups excluding carboxylic acids is 1. The summed E-state index contributed by atoms with van der Waals surface area (Å²) < 4.78 is 5.30. The molecule has 2 aromatic carbocycles. The fourth-order valence-electron chi connectivity index (χ4n) is 3.77. The molecule has 0 radical (unpaired) electrons. The summed E-state index contributed by atoms with van der Waals surface area (Å²) in [4.78, 5) is 13.2. The average molecular weight is 323 g/mol. The zero-order valence-corrected chi connectivity index (χ0v) is 14.5. The van der Waals surface area contributed by atoms with Crippen molar-refractivity contribution in [2.45, 2.75) is 44.4 Å². The van der Waals surface area contributed by atoms with E-state index in [1.54, 1.807) is 7.11 Å². The Labute approximate surface area is 144 Å². The van der Waals surface area contributed by atoms with Crippen LogP contribution in [-0.4, -0.2) is 13.0 Å². The van der Waals surface area contributed by atoms with Gasteiger partial charge in [0.15, 0.2) is 0 Å². The summed E-state index contributed by atoms with van der Waals surface area (Å²) in [6, 6.07) is 16.0. The molecule has 1 amide bonds. The van der Waals surface area contributed by atoms with Gasteiger partial charge in [-0.05, 0) is 49.1 Å². The maximum atomic E-state index is 13.2. The number of amides is 1.